The number of epoxide rings is 1. The summed E-state index contributed by atoms with van der Waals surface area (Å²) in [5.74, 6) is 0.523. The molecule has 0 bridgehead atoms. The Morgan fingerprint density at radius 2 is 1.79 bits per heavy atom. The normalized spacial score (nSPS) is 50.4. The molecule has 1 saturated carbocycles. The standard InChI is InChI=1S/C12H22O2/c1-8(2)12-10(3,4)6-9(13)7-11(12,5)14-12/h8-9,13H,6-7H2,1-5H3/t9-,11+,12?/m0/s1. The number of ether oxygens (including phenoxy) is 1. The van der Waals surface area contributed by atoms with Gasteiger partial charge in [-0.15, -0.1) is 0 Å². The highest BCUT2D eigenvalue weighted by atomic mass is 16.6. The first-order chi connectivity index (χ1) is 6.25. The van der Waals surface area contributed by atoms with Crippen molar-refractivity contribution < 1.29 is 9.84 Å². The lowest BCUT2D eigenvalue weighted by molar-refractivity contribution is 0.0153. The van der Waals surface area contributed by atoms with E-state index < -0.39 is 0 Å². The molecule has 1 N–H and O–H groups in total. The Hall–Kier alpha value is -0.0800. The lowest BCUT2D eigenvalue weighted by Crippen LogP contribution is -2.50. The molecule has 1 aliphatic carbocycles. The Morgan fingerprint density at radius 3 is 2.21 bits per heavy atom. The van der Waals surface area contributed by atoms with E-state index in [1.807, 2.05) is 0 Å². The van der Waals surface area contributed by atoms with Crippen molar-refractivity contribution in [2.45, 2.75) is 64.8 Å². The van der Waals surface area contributed by atoms with Crippen LogP contribution in [0.5, 0.6) is 0 Å². The third kappa shape index (κ3) is 0.989. The zero-order valence-electron chi connectivity index (χ0n) is 9.92. The summed E-state index contributed by atoms with van der Waals surface area (Å²) in [5.41, 5.74) is 0.00907. The van der Waals surface area contributed by atoms with Crippen molar-refractivity contribution in [2.75, 3.05) is 0 Å². The smallest absolute Gasteiger partial charge is 0.105 e. The van der Waals surface area contributed by atoms with Crippen LogP contribution in [0, 0.1) is 11.3 Å². The average Bonchev–Trinajstić information content (AvgIpc) is 2.54. The predicted octanol–water partition coefficient (Wildman–Crippen LogP) is 2.35. The average molecular weight is 198 g/mol. The van der Waals surface area contributed by atoms with Crippen LogP contribution in [0.25, 0.3) is 0 Å². The maximum atomic E-state index is 9.82. The largest absolute Gasteiger partial charge is 0.393 e. The van der Waals surface area contributed by atoms with Crippen molar-refractivity contribution in [3.8, 4) is 0 Å². The van der Waals surface area contributed by atoms with Gasteiger partial charge in [-0.2, -0.15) is 0 Å². The van der Waals surface area contributed by atoms with Gasteiger partial charge in [0.2, 0.25) is 0 Å². The van der Waals surface area contributed by atoms with E-state index >= 15 is 0 Å². The van der Waals surface area contributed by atoms with Gasteiger partial charge in [0, 0.05) is 6.42 Å². The van der Waals surface area contributed by atoms with Gasteiger partial charge in [0.15, 0.2) is 0 Å². The number of rotatable bonds is 1. The van der Waals surface area contributed by atoms with Crippen molar-refractivity contribution >= 4 is 0 Å². The molecular weight excluding hydrogens is 176 g/mol. The molecule has 1 saturated heterocycles. The van der Waals surface area contributed by atoms with E-state index in [0.717, 1.165) is 12.8 Å². The van der Waals surface area contributed by atoms with E-state index in [-0.39, 0.29) is 22.7 Å². The van der Waals surface area contributed by atoms with Gasteiger partial charge in [0.05, 0.1) is 11.7 Å². The Morgan fingerprint density at radius 1 is 1.21 bits per heavy atom. The molecule has 0 amide bonds. The van der Waals surface area contributed by atoms with Gasteiger partial charge in [-0.05, 0) is 24.7 Å². The Balaban J connectivity index is 2.35. The molecule has 2 rings (SSSR count). The minimum absolute atomic E-state index is 0.000764. The monoisotopic (exact) mass is 198 g/mol. The van der Waals surface area contributed by atoms with Crippen LogP contribution in [0.3, 0.4) is 0 Å². The molecular formula is C12H22O2. The summed E-state index contributed by atoms with van der Waals surface area (Å²) in [5, 5.41) is 9.82. The second-order valence-electron chi connectivity index (χ2n) is 6.17. The van der Waals surface area contributed by atoms with Crippen LogP contribution in [0.1, 0.15) is 47.5 Å². The van der Waals surface area contributed by atoms with Crippen LogP contribution in [0.2, 0.25) is 0 Å². The molecule has 3 atom stereocenters. The van der Waals surface area contributed by atoms with E-state index in [4.69, 9.17) is 4.74 Å². The molecule has 82 valence electrons. The third-order valence-corrected chi connectivity index (χ3v) is 4.32. The van der Waals surface area contributed by atoms with Gasteiger partial charge in [-0.25, -0.2) is 0 Å². The Labute approximate surface area is 86.6 Å². The van der Waals surface area contributed by atoms with Gasteiger partial charge in [0.1, 0.15) is 5.60 Å². The lowest BCUT2D eigenvalue weighted by atomic mass is 9.59. The summed E-state index contributed by atoms with van der Waals surface area (Å²) in [6.45, 7) is 11.0. The molecule has 1 aliphatic heterocycles. The molecule has 14 heavy (non-hydrogen) atoms. The van der Waals surface area contributed by atoms with Gasteiger partial charge in [-0.1, -0.05) is 27.7 Å². The molecule has 2 aliphatic rings. The van der Waals surface area contributed by atoms with Crippen LogP contribution in [-0.4, -0.2) is 22.4 Å². The highest BCUT2D eigenvalue weighted by Gasteiger charge is 2.76. The third-order valence-electron chi connectivity index (χ3n) is 4.32. The van der Waals surface area contributed by atoms with Crippen LogP contribution in [-0.2, 0) is 4.74 Å². The molecule has 0 spiro atoms. The van der Waals surface area contributed by atoms with Crippen LogP contribution in [0.15, 0.2) is 0 Å². The van der Waals surface area contributed by atoms with E-state index in [9.17, 15) is 5.11 Å². The van der Waals surface area contributed by atoms with E-state index in [2.05, 4.69) is 34.6 Å². The van der Waals surface area contributed by atoms with Gasteiger partial charge in [-0.3, -0.25) is 0 Å². The molecule has 0 aromatic rings. The van der Waals surface area contributed by atoms with Gasteiger partial charge in [0.25, 0.3) is 0 Å². The summed E-state index contributed by atoms with van der Waals surface area (Å²) in [6.07, 6.45) is 1.47. The van der Waals surface area contributed by atoms with Gasteiger partial charge < -0.3 is 9.84 Å². The molecule has 0 aromatic heterocycles. The quantitative estimate of drug-likeness (QED) is 0.656. The van der Waals surface area contributed by atoms with Crippen molar-refractivity contribution in [1.82, 2.24) is 0 Å². The summed E-state index contributed by atoms with van der Waals surface area (Å²) in [6, 6.07) is 0. The fourth-order valence-electron chi connectivity index (χ4n) is 4.15. The van der Waals surface area contributed by atoms with Crippen molar-refractivity contribution in [1.29, 1.82) is 0 Å². The van der Waals surface area contributed by atoms with Crippen LogP contribution < -0.4 is 0 Å². The summed E-state index contributed by atoms with van der Waals surface area (Å²) in [4.78, 5) is 0. The maximum absolute atomic E-state index is 9.82. The van der Waals surface area contributed by atoms with Crippen molar-refractivity contribution in [3.63, 3.8) is 0 Å². The second kappa shape index (κ2) is 2.53. The highest BCUT2D eigenvalue weighted by Crippen LogP contribution is 2.68. The number of fused-ring (bicyclic) bond motifs is 1. The molecule has 0 aromatic carbocycles. The van der Waals surface area contributed by atoms with E-state index in [1.54, 1.807) is 0 Å². The zero-order valence-corrected chi connectivity index (χ0v) is 9.92. The molecule has 2 fully saturated rings. The minimum Gasteiger partial charge on any atom is -0.393 e. The Bertz CT molecular complexity index is 259. The number of hydrogen-bond acceptors (Lipinski definition) is 2. The minimum atomic E-state index is -0.190. The number of aliphatic hydroxyl groups excluding tert-OH is 1. The lowest BCUT2D eigenvalue weighted by Gasteiger charge is -2.42. The van der Waals surface area contributed by atoms with Crippen LogP contribution in [0.4, 0.5) is 0 Å². The van der Waals surface area contributed by atoms with Crippen LogP contribution >= 0.6 is 0 Å². The zero-order chi connectivity index (χ0) is 10.8. The molecule has 0 radical (unpaired) electrons. The Kier molecular flexibility index (Phi) is 1.89. The maximum Gasteiger partial charge on any atom is 0.105 e. The summed E-state index contributed by atoms with van der Waals surface area (Å²) in [7, 11) is 0. The number of hydrogen-bond donors (Lipinski definition) is 1. The van der Waals surface area contributed by atoms with E-state index in [0.29, 0.717) is 5.92 Å². The topological polar surface area (TPSA) is 32.8 Å². The number of aliphatic hydroxyl groups is 1. The van der Waals surface area contributed by atoms with Gasteiger partial charge >= 0.3 is 0 Å². The molecule has 2 nitrogen and oxygen atoms in total. The fourth-order valence-corrected chi connectivity index (χ4v) is 4.15. The predicted molar refractivity (Wildman–Crippen MR) is 56.1 cm³/mol. The summed E-state index contributed by atoms with van der Waals surface area (Å²) < 4.78 is 6.04. The molecule has 1 unspecified atom stereocenters. The second-order valence-corrected chi connectivity index (χ2v) is 6.17. The highest BCUT2D eigenvalue weighted by molar-refractivity contribution is 5.24. The first kappa shape index (κ1) is 10.4. The fraction of sp³-hybridized carbons (Fsp3) is 1.00. The first-order valence-electron chi connectivity index (χ1n) is 5.63. The van der Waals surface area contributed by atoms with Crippen molar-refractivity contribution in [3.05, 3.63) is 0 Å². The molecule has 2 heteroatoms. The molecule has 1 heterocycles. The first-order valence-corrected chi connectivity index (χ1v) is 5.63. The van der Waals surface area contributed by atoms with E-state index in [1.165, 1.54) is 0 Å². The SMILES string of the molecule is CC(C)C12O[C@]1(C)C[C@@H](O)CC2(C)C. The summed E-state index contributed by atoms with van der Waals surface area (Å²) >= 11 is 0. The van der Waals surface area contributed by atoms with Crippen molar-refractivity contribution in [2.24, 2.45) is 11.3 Å².